The molecule has 0 N–H and O–H groups in total. The van der Waals surface area contributed by atoms with Gasteiger partial charge in [-0.15, -0.1) is 0 Å². The summed E-state index contributed by atoms with van der Waals surface area (Å²) in [5, 5.41) is 0. The Morgan fingerprint density at radius 1 is 1.12 bits per heavy atom. The fraction of sp³-hybridized carbons (Fsp3) is 0.476. The first-order valence-corrected chi connectivity index (χ1v) is 9.43. The SMILES string of the molecule is c1ccc(CN2CCc3c(ccnc3CN3CC4CC3CO4)C2)cc1. The molecule has 0 spiro atoms. The first kappa shape index (κ1) is 15.5. The Bertz CT molecular complexity index is 748. The lowest BCUT2D eigenvalue weighted by molar-refractivity contribution is 0.0266. The van der Waals surface area contributed by atoms with Gasteiger partial charge in [0, 0.05) is 45.0 Å². The minimum atomic E-state index is 0.464. The highest BCUT2D eigenvalue weighted by molar-refractivity contribution is 5.32. The smallest absolute Gasteiger partial charge is 0.0718 e. The molecule has 4 heterocycles. The van der Waals surface area contributed by atoms with Crippen LogP contribution in [0.15, 0.2) is 42.6 Å². The molecule has 130 valence electrons. The number of rotatable bonds is 4. The molecule has 2 atom stereocenters. The van der Waals surface area contributed by atoms with Crippen molar-refractivity contribution in [3.8, 4) is 0 Å². The predicted octanol–water partition coefficient (Wildman–Crippen LogP) is 2.61. The Morgan fingerprint density at radius 2 is 2.04 bits per heavy atom. The molecule has 2 saturated heterocycles. The molecule has 0 aliphatic carbocycles. The Morgan fingerprint density at radius 3 is 2.84 bits per heavy atom. The molecule has 3 aliphatic heterocycles. The highest BCUT2D eigenvalue weighted by atomic mass is 16.5. The van der Waals surface area contributed by atoms with Crippen LogP contribution in [0.2, 0.25) is 0 Å². The first-order chi connectivity index (χ1) is 12.3. The third-order valence-corrected chi connectivity index (χ3v) is 5.93. The van der Waals surface area contributed by atoms with Crippen LogP contribution in [0.4, 0.5) is 0 Å². The highest BCUT2D eigenvalue weighted by Crippen LogP contribution is 2.30. The molecule has 3 aliphatic rings. The van der Waals surface area contributed by atoms with Crippen molar-refractivity contribution in [1.82, 2.24) is 14.8 Å². The van der Waals surface area contributed by atoms with Crippen LogP contribution in [0.1, 0.15) is 28.8 Å². The molecule has 25 heavy (non-hydrogen) atoms. The van der Waals surface area contributed by atoms with Gasteiger partial charge in [-0.05, 0) is 35.6 Å². The molecule has 0 amide bonds. The Kier molecular flexibility index (Phi) is 4.04. The van der Waals surface area contributed by atoms with Gasteiger partial charge in [0.2, 0.25) is 0 Å². The summed E-state index contributed by atoms with van der Waals surface area (Å²) in [5.41, 5.74) is 5.65. The van der Waals surface area contributed by atoms with E-state index < -0.39 is 0 Å². The van der Waals surface area contributed by atoms with Gasteiger partial charge in [-0.3, -0.25) is 14.8 Å². The lowest BCUT2D eigenvalue weighted by atomic mass is 9.97. The third-order valence-electron chi connectivity index (χ3n) is 5.93. The van der Waals surface area contributed by atoms with Crippen LogP contribution in [0.3, 0.4) is 0 Å². The molecular formula is C21H25N3O. The molecule has 0 saturated carbocycles. The minimum Gasteiger partial charge on any atom is -0.375 e. The number of hydrogen-bond acceptors (Lipinski definition) is 4. The molecule has 2 bridgehead atoms. The largest absolute Gasteiger partial charge is 0.375 e. The van der Waals surface area contributed by atoms with Crippen LogP contribution < -0.4 is 0 Å². The van der Waals surface area contributed by atoms with Crippen LogP contribution in [0, 0.1) is 0 Å². The van der Waals surface area contributed by atoms with E-state index in [9.17, 15) is 0 Å². The number of pyridine rings is 1. The molecule has 2 aromatic rings. The second kappa shape index (κ2) is 6.52. The molecule has 2 unspecified atom stereocenters. The molecule has 5 rings (SSSR count). The molecule has 1 aromatic heterocycles. The second-order valence-corrected chi connectivity index (χ2v) is 7.62. The van der Waals surface area contributed by atoms with Crippen molar-refractivity contribution in [3.63, 3.8) is 0 Å². The lowest BCUT2D eigenvalue weighted by Crippen LogP contribution is -2.37. The Labute approximate surface area is 149 Å². The van der Waals surface area contributed by atoms with Gasteiger partial charge in [0.15, 0.2) is 0 Å². The van der Waals surface area contributed by atoms with Crippen molar-refractivity contribution < 1.29 is 4.74 Å². The van der Waals surface area contributed by atoms with E-state index in [-0.39, 0.29) is 0 Å². The van der Waals surface area contributed by atoms with E-state index in [1.807, 2.05) is 6.20 Å². The maximum absolute atomic E-state index is 5.73. The second-order valence-electron chi connectivity index (χ2n) is 7.62. The van der Waals surface area contributed by atoms with Crippen molar-refractivity contribution in [2.75, 3.05) is 19.7 Å². The summed E-state index contributed by atoms with van der Waals surface area (Å²) in [6.45, 7) is 6.17. The summed E-state index contributed by atoms with van der Waals surface area (Å²) in [4.78, 5) is 9.87. The average molecular weight is 335 g/mol. The highest BCUT2D eigenvalue weighted by Gasteiger charge is 2.39. The van der Waals surface area contributed by atoms with Gasteiger partial charge in [-0.1, -0.05) is 30.3 Å². The van der Waals surface area contributed by atoms with E-state index in [2.05, 4.69) is 46.2 Å². The van der Waals surface area contributed by atoms with Crippen LogP contribution in [-0.4, -0.2) is 46.6 Å². The molecule has 2 fully saturated rings. The number of nitrogens with zero attached hydrogens (tertiary/aromatic N) is 3. The van der Waals surface area contributed by atoms with Gasteiger partial charge >= 0.3 is 0 Å². The Balaban J connectivity index is 1.30. The van der Waals surface area contributed by atoms with Gasteiger partial charge in [0.1, 0.15) is 0 Å². The van der Waals surface area contributed by atoms with E-state index in [0.717, 1.165) is 45.8 Å². The van der Waals surface area contributed by atoms with Crippen molar-refractivity contribution in [2.24, 2.45) is 0 Å². The monoisotopic (exact) mass is 335 g/mol. The number of benzene rings is 1. The van der Waals surface area contributed by atoms with Crippen LogP contribution >= 0.6 is 0 Å². The summed E-state index contributed by atoms with van der Waals surface area (Å²) in [6, 6.07) is 13.6. The number of fused-ring (bicyclic) bond motifs is 3. The normalized spacial score (nSPS) is 26.1. The molecule has 4 heteroatoms. The molecule has 1 aromatic carbocycles. The number of aromatic nitrogens is 1. The van der Waals surface area contributed by atoms with Gasteiger partial charge in [-0.25, -0.2) is 0 Å². The quantitative estimate of drug-likeness (QED) is 0.859. The maximum Gasteiger partial charge on any atom is 0.0718 e. The molecule has 4 nitrogen and oxygen atoms in total. The number of likely N-dealkylation sites (tertiary alicyclic amines) is 1. The fourth-order valence-electron chi connectivity index (χ4n) is 4.60. The zero-order valence-corrected chi connectivity index (χ0v) is 14.6. The van der Waals surface area contributed by atoms with Gasteiger partial charge in [-0.2, -0.15) is 0 Å². The topological polar surface area (TPSA) is 28.6 Å². The Hall–Kier alpha value is -1.75. The van der Waals surface area contributed by atoms with Crippen LogP contribution in [0.25, 0.3) is 0 Å². The summed E-state index contributed by atoms with van der Waals surface area (Å²) >= 11 is 0. The van der Waals surface area contributed by atoms with Crippen LogP contribution in [0.5, 0.6) is 0 Å². The summed E-state index contributed by atoms with van der Waals surface area (Å²) in [5.74, 6) is 0. The number of morpholine rings is 1. The van der Waals surface area contributed by atoms with E-state index in [1.54, 1.807) is 0 Å². The number of ether oxygens (including phenoxy) is 1. The van der Waals surface area contributed by atoms with E-state index in [4.69, 9.17) is 9.72 Å². The van der Waals surface area contributed by atoms with Crippen molar-refractivity contribution in [1.29, 1.82) is 0 Å². The predicted molar refractivity (Wildman–Crippen MR) is 97.1 cm³/mol. The first-order valence-electron chi connectivity index (χ1n) is 9.43. The zero-order valence-electron chi connectivity index (χ0n) is 14.6. The van der Waals surface area contributed by atoms with Gasteiger partial charge in [0.25, 0.3) is 0 Å². The third kappa shape index (κ3) is 3.10. The summed E-state index contributed by atoms with van der Waals surface area (Å²) < 4.78 is 5.73. The van der Waals surface area contributed by atoms with E-state index in [0.29, 0.717) is 12.1 Å². The molecule has 0 radical (unpaired) electrons. The van der Waals surface area contributed by atoms with E-state index >= 15 is 0 Å². The summed E-state index contributed by atoms with van der Waals surface area (Å²) in [6.07, 6.45) is 4.79. The maximum atomic E-state index is 5.73. The van der Waals surface area contributed by atoms with Gasteiger partial charge < -0.3 is 4.74 Å². The summed E-state index contributed by atoms with van der Waals surface area (Å²) in [7, 11) is 0. The average Bonchev–Trinajstić information content (AvgIpc) is 3.26. The lowest BCUT2D eigenvalue weighted by Gasteiger charge is -2.31. The minimum absolute atomic E-state index is 0.464. The van der Waals surface area contributed by atoms with E-state index in [1.165, 1.54) is 28.8 Å². The van der Waals surface area contributed by atoms with Crippen molar-refractivity contribution >= 4 is 0 Å². The standard InChI is InChI=1S/C21H25N3O/c1-2-4-16(5-3-1)11-23-9-7-20-17(12-23)6-8-22-21(20)14-24-13-19-10-18(24)15-25-19/h1-6,8,18-19H,7,9-15H2. The molecular weight excluding hydrogens is 310 g/mol. The fourth-order valence-corrected chi connectivity index (χ4v) is 4.60. The zero-order chi connectivity index (χ0) is 16.6. The number of hydrogen-bond donors (Lipinski definition) is 0. The van der Waals surface area contributed by atoms with Crippen LogP contribution in [-0.2, 0) is 30.8 Å². The van der Waals surface area contributed by atoms with Crippen molar-refractivity contribution in [3.05, 3.63) is 65.0 Å². The van der Waals surface area contributed by atoms with Crippen molar-refractivity contribution in [2.45, 2.75) is 44.6 Å². The van der Waals surface area contributed by atoms with Gasteiger partial charge in [0.05, 0.1) is 18.4 Å².